The first-order chi connectivity index (χ1) is 10.2. The second-order valence-corrected chi connectivity index (χ2v) is 7.71. The van der Waals surface area contributed by atoms with Gasteiger partial charge in [-0.1, -0.05) is 25.8 Å². The summed E-state index contributed by atoms with van der Waals surface area (Å²) in [6.07, 6.45) is 7.49. The highest BCUT2D eigenvalue weighted by Crippen LogP contribution is 2.24. The highest BCUT2D eigenvalue weighted by Gasteiger charge is 2.33. The number of thiophene rings is 1. The lowest BCUT2D eigenvalue weighted by atomic mass is 9.86. The van der Waals surface area contributed by atoms with E-state index in [1.165, 1.54) is 41.9 Å². The first-order valence-corrected chi connectivity index (χ1v) is 9.29. The van der Waals surface area contributed by atoms with Gasteiger partial charge in [-0.3, -0.25) is 4.79 Å². The van der Waals surface area contributed by atoms with Crippen molar-refractivity contribution >= 4 is 17.2 Å². The van der Waals surface area contributed by atoms with Gasteiger partial charge in [0, 0.05) is 18.9 Å². The van der Waals surface area contributed by atoms with Gasteiger partial charge in [0.25, 0.3) is 5.91 Å². The molecule has 2 fully saturated rings. The van der Waals surface area contributed by atoms with Gasteiger partial charge >= 0.3 is 0 Å². The van der Waals surface area contributed by atoms with Crippen molar-refractivity contribution in [2.45, 2.75) is 57.5 Å². The fourth-order valence-corrected chi connectivity index (χ4v) is 4.87. The minimum Gasteiger partial charge on any atom is -0.348 e. The zero-order valence-corrected chi connectivity index (χ0v) is 13.8. The van der Waals surface area contributed by atoms with Gasteiger partial charge in [-0.25, -0.2) is 0 Å². The zero-order chi connectivity index (χ0) is 14.7. The molecule has 4 heteroatoms. The Morgan fingerprint density at radius 3 is 2.95 bits per heavy atom. The molecule has 1 aliphatic heterocycles. The van der Waals surface area contributed by atoms with Crippen LogP contribution in [0.15, 0.2) is 17.5 Å². The molecule has 0 radical (unpaired) electrons. The Hall–Kier alpha value is -0.870. The Bertz CT molecular complexity index is 459. The molecule has 2 aliphatic rings. The van der Waals surface area contributed by atoms with Crippen molar-refractivity contribution in [3.63, 3.8) is 0 Å². The van der Waals surface area contributed by atoms with Crippen LogP contribution in [0.2, 0.25) is 0 Å². The number of hydrogen-bond acceptors (Lipinski definition) is 2. The smallest absolute Gasteiger partial charge is 0.275 e. The lowest BCUT2D eigenvalue weighted by Crippen LogP contribution is -3.11. The Morgan fingerprint density at radius 1 is 1.33 bits per heavy atom. The lowest BCUT2D eigenvalue weighted by Gasteiger charge is -2.30. The molecule has 2 N–H and O–H groups in total. The Morgan fingerprint density at radius 2 is 2.19 bits per heavy atom. The summed E-state index contributed by atoms with van der Waals surface area (Å²) < 4.78 is 0. The molecule has 0 spiro atoms. The molecular formula is C17H27N2OS+. The summed E-state index contributed by atoms with van der Waals surface area (Å²) in [5.74, 6) is 0.900. The predicted molar refractivity (Wildman–Crippen MR) is 86.6 cm³/mol. The van der Waals surface area contributed by atoms with Crippen LogP contribution in [0.5, 0.6) is 0 Å². The van der Waals surface area contributed by atoms with Gasteiger partial charge in [-0.2, -0.15) is 0 Å². The summed E-state index contributed by atoms with van der Waals surface area (Å²) in [4.78, 5) is 15.3. The monoisotopic (exact) mass is 307 g/mol. The molecule has 0 aromatic carbocycles. The third-order valence-corrected chi connectivity index (χ3v) is 6.20. The molecule has 1 saturated carbocycles. The second kappa shape index (κ2) is 6.93. The van der Waals surface area contributed by atoms with Gasteiger partial charge in [-0.15, -0.1) is 11.3 Å². The standard InChI is InChI=1S/C17H26N2OS/c1-13-6-2-3-7-14(13)18-17(20)12-19-10-4-8-15(19)16-9-5-11-21-16/h5,9,11,13-15H,2-4,6-8,10,12H2,1H3,(H,18,20)/p+1/t13-,14+,15-/m1/s1. The predicted octanol–water partition coefficient (Wildman–Crippen LogP) is 2.16. The quantitative estimate of drug-likeness (QED) is 0.878. The van der Waals surface area contributed by atoms with E-state index >= 15 is 0 Å². The summed E-state index contributed by atoms with van der Waals surface area (Å²) in [6, 6.07) is 5.30. The van der Waals surface area contributed by atoms with Crippen LogP contribution in [-0.2, 0) is 4.79 Å². The summed E-state index contributed by atoms with van der Waals surface area (Å²) in [7, 11) is 0. The third-order valence-electron chi connectivity index (χ3n) is 5.22. The fourth-order valence-electron chi connectivity index (χ4n) is 3.95. The maximum atomic E-state index is 12.4. The summed E-state index contributed by atoms with van der Waals surface area (Å²) in [5.41, 5.74) is 0. The van der Waals surface area contributed by atoms with Crippen molar-refractivity contribution in [1.82, 2.24) is 5.32 Å². The summed E-state index contributed by atoms with van der Waals surface area (Å²) in [6.45, 7) is 4.06. The summed E-state index contributed by atoms with van der Waals surface area (Å²) in [5, 5.41) is 5.45. The molecule has 1 amide bonds. The SMILES string of the molecule is C[C@@H]1CCCC[C@@H]1NC(=O)C[NH+]1CCC[C@@H]1c1cccs1. The third kappa shape index (κ3) is 3.67. The van der Waals surface area contributed by atoms with Crippen molar-refractivity contribution in [2.75, 3.05) is 13.1 Å². The minimum atomic E-state index is 0.257. The zero-order valence-electron chi connectivity index (χ0n) is 12.9. The number of hydrogen-bond donors (Lipinski definition) is 2. The largest absolute Gasteiger partial charge is 0.348 e. The molecule has 1 aromatic rings. The molecule has 3 rings (SSSR count). The van der Waals surface area contributed by atoms with E-state index in [0.717, 1.165) is 13.0 Å². The maximum absolute atomic E-state index is 12.4. The highest BCUT2D eigenvalue weighted by molar-refractivity contribution is 7.10. The van der Waals surface area contributed by atoms with Crippen LogP contribution < -0.4 is 10.2 Å². The molecule has 4 atom stereocenters. The molecule has 21 heavy (non-hydrogen) atoms. The molecule has 1 saturated heterocycles. The first-order valence-electron chi connectivity index (χ1n) is 8.41. The topological polar surface area (TPSA) is 33.5 Å². The van der Waals surface area contributed by atoms with Crippen LogP contribution in [0.1, 0.15) is 56.4 Å². The van der Waals surface area contributed by atoms with Gasteiger partial charge in [0.1, 0.15) is 6.04 Å². The van der Waals surface area contributed by atoms with Crippen molar-refractivity contribution in [1.29, 1.82) is 0 Å². The molecule has 0 bridgehead atoms. The number of rotatable bonds is 4. The van der Waals surface area contributed by atoms with E-state index in [0.29, 0.717) is 24.5 Å². The van der Waals surface area contributed by atoms with Gasteiger partial charge in [-0.05, 0) is 30.2 Å². The van der Waals surface area contributed by atoms with Crippen LogP contribution in [0.4, 0.5) is 0 Å². The molecular weight excluding hydrogens is 280 g/mol. The van der Waals surface area contributed by atoms with E-state index in [9.17, 15) is 4.79 Å². The second-order valence-electron chi connectivity index (χ2n) is 6.73. The average molecular weight is 307 g/mol. The lowest BCUT2D eigenvalue weighted by molar-refractivity contribution is -0.910. The molecule has 116 valence electrons. The van der Waals surface area contributed by atoms with E-state index in [1.54, 1.807) is 0 Å². The highest BCUT2D eigenvalue weighted by atomic mass is 32.1. The maximum Gasteiger partial charge on any atom is 0.275 e. The number of likely N-dealkylation sites (tertiary alicyclic amines) is 1. The Kier molecular flexibility index (Phi) is 4.96. The van der Waals surface area contributed by atoms with E-state index in [1.807, 2.05) is 11.3 Å². The van der Waals surface area contributed by atoms with Crippen LogP contribution in [0.25, 0.3) is 0 Å². The van der Waals surface area contributed by atoms with Crippen LogP contribution in [-0.4, -0.2) is 25.0 Å². The van der Waals surface area contributed by atoms with E-state index in [4.69, 9.17) is 0 Å². The van der Waals surface area contributed by atoms with E-state index in [-0.39, 0.29) is 5.91 Å². The van der Waals surface area contributed by atoms with Crippen LogP contribution >= 0.6 is 11.3 Å². The van der Waals surface area contributed by atoms with Crippen molar-refractivity contribution in [2.24, 2.45) is 5.92 Å². The normalized spacial score (nSPS) is 33.0. The molecule has 2 heterocycles. The fraction of sp³-hybridized carbons (Fsp3) is 0.706. The summed E-state index contributed by atoms with van der Waals surface area (Å²) >= 11 is 1.83. The molecule has 3 nitrogen and oxygen atoms in total. The Balaban J connectivity index is 1.54. The van der Waals surface area contributed by atoms with Crippen molar-refractivity contribution in [3.8, 4) is 0 Å². The van der Waals surface area contributed by atoms with Crippen LogP contribution in [0, 0.1) is 5.92 Å². The van der Waals surface area contributed by atoms with Gasteiger partial charge in [0.15, 0.2) is 6.54 Å². The number of amides is 1. The van der Waals surface area contributed by atoms with Crippen LogP contribution in [0.3, 0.4) is 0 Å². The molecule has 1 aliphatic carbocycles. The number of carbonyl (C=O) groups is 1. The first kappa shape index (κ1) is 15.0. The number of carbonyl (C=O) groups excluding carboxylic acids is 1. The average Bonchev–Trinajstić information content (AvgIpc) is 3.11. The van der Waals surface area contributed by atoms with Crippen molar-refractivity contribution in [3.05, 3.63) is 22.4 Å². The number of nitrogens with one attached hydrogen (secondary N) is 2. The van der Waals surface area contributed by atoms with Gasteiger partial charge < -0.3 is 10.2 Å². The Labute approximate surface area is 131 Å². The van der Waals surface area contributed by atoms with E-state index in [2.05, 4.69) is 29.8 Å². The molecule has 1 aromatic heterocycles. The number of quaternary nitrogens is 1. The van der Waals surface area contributed by atoms with Crippen molar-refractivity contribution < 1.29 is 9.69 Å². The van der Waals surface area contributed by atoms with Gasteiger partial charge in [0.2, 0.25) is 0 Å². The van der Waals surface area contributed by atoms with Gasteiger partial charge in [0.05, 0.1) is 11.4 Å². The molecule has 1 unspecified atom stereocenters. The minimum absolute atomic E-state index is 0.257. The van der Waals surface area contributed by atoms with E-state index < -0.39 is 0 Å².